The lowest BCUT2D eigenvalue weighted by Crippen LogP contribution is -2.56. The minimum Gasteiger partial charge on any atom is -0.484 e. The molecule has 0 fully saturated rings. The van der Waals surface area contributed by atoms with Gasteiger partial charge in [-0.05, 0) is 48.5 Å². The van der Waals surface area contributed by atoms with Crippen LogP contribution in [-0.4, -0.2) is 32.5 Å². The third-order valence-electron chi connectivity index (χ3n) is 3.95. The molecule has 12 heteroatoms. The molecule has 0 aliphatic carbocycles. The van der Waals surface area contributed by atoms with E-state index < -0.39 is 20.8 Å². The molecule has 166 valence electrons. The Morgan fingerprint density at radius 1 is 1.13 bits per heavy atom. The number of ether oxygens (including phenoxy) is 1. The van der Waals surface area contributed by atoms with E-state index in [0.717, 1.165) is 12.0 Å². The van der Waals surface area contributed by atoms with Gasteiger partial charge in [0.1, 0.15) is 11.9 Å². The molecule has 0 radical (unpaired) electrons. The zero-order valence-electron chi connectivity index (χ0n) is 16.2. The summed E-state index contributed by atoms with van der Waals surface area (Å²) in [5.41, 5.74) is 1.54. The van der Waals surface area contributed by atoms with Crippen molar-refractivity contribution < 1.29 is 14.5 Å². The Bertz CT molecular complexity index is 921. The average molecular weight is 506 g/mol. The summed E-state index contributed by atoms with van der Waals surface area (Å²) in [6.45, 7) is 1.74. The fourth-order valence-corrected chi connectivity index (χ4v) is 2.90. The number of aryl methyl sites for hydroxylation is 1. The largest absolute Gasteiger partial charge is 0.484 e. The van der Waals surface area contributed by atoms with Gasteiger partial charge in [0.05, 0.1) is 4.92 Å². The van der Waals surface area contributed by atoms with Crippen LogP contribution in [0.2, 0.25) is 0 Å². The van der Waals surface area contributed by atoms with E-state index in [1.807, 2.05) is 19.1 Å². The third-order valence-corrected chi connectivity index (χ3v) is 4.82. The number of carbonyl (C=O) groups is 1. The van der Waals surface area contributed by atoms with Crippen LogP contribution >= 0.6 is 47.0 Å². The Morgan fingerprint density at radius 2 is 1.74 bits per heavy atom. The maximum Gasteiger partial charge on any atom is 0.269 e. The molecular formula is C19H19Cl3N4O4S. The maximum atomic E-state index is 12.3. The standard InChI is InChI=1S/C19H19Cl3N4O4S/c1-2-12-3-9-15(10-4-12)30-11-16(27)24-17(19(20,21)22)25-18(31)23-13-5-7-14(8-6-13)26(28)29/h3-10,17H,2,11H2,1H3,(H,24,27)(H2,23,25,31)/t17-/m0/s1. The average Bonchev–Trinajstić information content (AvgIpc) is 2.72. The summed E-state index contributed by atoms with van der Waals surface area (Å²) in [4.78, 5) is 22.5. The molecule has 1 amide bonds. The van der Waals surface area contributed by atoms with Gasteiger partial charge in [-0.2, -0.15) is 0 Å². The predicted octanol–water partition coefficient (Wildman–Crippen LogP) is 4.34. The quantitative estimate of drug-likeness (QED) is 0.161. The minimum atomic E-state index is -1.93. The highest BCUT2D eigenvalue weighted by Crippen LogP contribution is 2.29. The van der Waals surface area contributed by atoms with E-state index in [1.165, 1.54) is 24.3 Å². The summed E-state index contributed by atoms with van der Waals surface area (Å²) in [5.74, 6) is -0.0115. The van der Waals surface area contributed by atoms with E-state index in [9.17, 15) is 14.9 Å². The molecule has 31 heavy (non-hydrogen) atoms. The van der Waals surface area contributed by atoms with Crippen LogP contribution in [0.3, 0.4) is 0 Å². The molecule has 2 aromatic carbocycles. The maximum absolute atomic E-state index is 12.3. The number of hydrogen-bond donors (Lipinski definition) is 3. The van der Waals surface area contributed by atoms with Crippen LogP contribution in [0.15, 0.2) is 48.5 Å². The van der Waals surface area contributed by atoms with Gasteiger partial charge in [0, 0.05) is 17.8 Å². The van der Waals surface area contributed by atoms with Gasteiger partial charge >= 0.3 is 0 Å². The van der Waals surface area contributed by atoms with Crippen molar-refractivity contribution in [2.45, 2.75) is 23.3 Å². The Hall–Kier alpha value is -2.33. The first-order chi connectivity index (χ1) is 14.6. The van der Waals surface area contributed by atoms with Gasteiger partial charge in [-0.15, -0.1) is 0 Å². The van der Waals surface area contributed by atoms with Gasteiger partial charge in [0.2, 0.25) is 3.79 Å². The van der Waals surface area contributed by atoms with Crippen LogP contribution in [0.1, 0.15) is 12.5 Å². The van der Waals surface area contributed by atoms with Crippen LogP contribution in [0.5, 0.6) is 5.75 Å². The first-order valence-electron chi connectivity index (χ1n) is 8.98. The highest BCUT2D eigenvalue weighted by Gasteiger charge is 2.34. The summed E-state index contributed by atoms with van der Waals surface area (Å²) in [5, 5.41) is 18.7. The Kier molecular flexibility index (Phi) is 9.12. The van der Waals surface area contributed by atoms with Gasteiger partial charge in [0.15, 0.2) is 11.7 Å². The molecule has 0 saturated carbocycles. The molecule has 8 nitrogen and oxygen atoms in total. The molecule has 3 N–H and O–H groups in total. The number of benzene rings is 2. The van der Waals surface area contributed by atoms with Gasteiger partial charge in [-0.1, -0.05) is 53.9 Å². The van der Waals surface area contributed by atoms with Crippen molar-refractivity contribution >= 4 is 69.4 Å². The second-order valence-electron chi connectivity index (χ2n) is 6.23. The zero-order valence-corrected chi connectivity index (χ0v) is 19.3. The normalized spacial score (nSPS) is 11.9. The molecule has 0 aliphatic rings. The second kappa shape index (κ2) is 11.3. The van der Waals surface area contributed by atoms with Crippen molar-refractivity contribution in [2.75, 3.05) is 11.9 Å². The molecule has 0 spiro atoms. The Morgan fingerprint density at radius 3 is 2.26 bits per heavy atom. The number of anilines is 1. The topological polar surface area (TPSA) is 106 Å². The SMILES string of the molecule is CCc1ccc(OCC(=O)N[C@@H](NC(=S)Nc2ccc([N+](=O)[O-])cc2)C(Cl)(Cl)Cl)cc1. The van der Waals surface area contributed by atoms with Gasteiger partial charge in [-0.25, -0.2) is 0 Å². The van der Waals surface area contributed by atoms with Crippen LogP contribution in [0, 0.1) is 10.1 Å². The number of nitro groups is 1. The van der Waals surface area contributed by atoms with Crippen LogP contribution < -0.4 is 20.7 Å². The first-order valence-corrected chi connectivity index (χ1v) is 10.5. The molecular weight excluding hydrogens is 487 g/mol. The summed E-state index contributed by atoms with van der Waals surface area (Å²) >= 11 is 23.0. The lowest BCUT2D eigenvalue weighted by Gasteiger charge is -2.27. The van der Waals surface area contributed by atoms with Crippen molar-refractivity contribution in [3.05, 3.63) is 64.2 Å². The molecule has 0 bridgehead atoms. The zero-order chi connectivity index (χ0) is 23.0. The van der Waals surface area contributed by atoms with E-state index in [-0.39, 0.29) is 17.4 Å². The third kappa shape index (κ3) is 8.37. The first kappa shape index (κ1) is 24.9. The summed E-state index contributed by atoms with van der Waals surface area (Å²) in [7, 11) is 0. The fraction of sp³-hybridized carbons (Fsp3) is 0.263. The van der Waals surface area contributed by atoms with Crippen molar-refractivity contribution in [2.24, 2.45) is 0 Å². The van der Waals surface area contributed by atoms with Crippen LogP contribution in [0.4, 0.5) is 11.4 Å². The van der Waals surface area contributed by atoms with E-state index in [4.69, 9.17) is 51.8 Å². The number of nitrogens with zero attached hydrogens (tertiary/aromatic N) is 1. The van der Waals surface area contributed by atoms with E-state index in [1.54, 1.807) is 12.1 Å². The molecule has 2 rings (SSSR count). The molecule has 0 aliphatic heterocycles. The minimum absolute atomic E-state index is 0.0292. The highest BCUT2D eigenvalue weighted by atomic mass is 35.6. The van der Waals surface area contributed by atoms with E-state index in [0.29, 0.717) is 11.4 Å². The lowest BCUT2D eigenvalue weighted by atomic mass is 10.2. The second-order valence-corrected chi connectivity index (χ2v) is 9.01. The number of non-ortho nitro benzene ring substituents is 1. The number of halogens is 3. The Balaban J connectivity index is 1.92. The fourth-order valence-electron chi connectivity index (χ4n) is 2.34. The van der Waals surface area contributed by atoms with Crippen molar-refractivity contribution in [1.82, 2.24) is 10.6 Å². The molecule has 0 saturated heterocycles. The van der Waals surface area contributed by atoms with Crippen LogP contribution in [0.25, 0.3) is 0 Å². The number of alkyl halides is 3. The number of thiocarbonyl (C=S) groups is 1. The summed E-state index contributed by atoms with van der Waals surface area (Å²) in [6, 6.07) is 12.9. The van der Waals surface area contributed by atoms with E-state index >= 15 is 0 Å². The lowest BCUT2D eigenvalue weighted by molar-refractivity contribution is -0.384. The van der Waals surface area contributed by atoms with Gasteiger partial charge in [-0.3, -0.25) is 14.9 Å². The van der Waals surface area contributed by atoms with Crippen LogP contribution in [-0.2, 0) is 11.2 Å². The molecule has 0 heterocycles. The summed E-state index contributed by atoms with van der Waals surface area (Å²) in [6.07, 6.45) is -0.278. The van der Waals surface area contributed by atoms with Crippen molar-refractivity contribution in [1.29, 1.82) is 0 Å². The highest BCUT2D eigenvalue weighted by molar-refractivity contribution is 7.80. The van der Waals surface area contributed by atoms with Gasteiger partial charge < -0.3 is 20.7 Å². The number of amides is 1. The number of rotatable bonds is 8. The monoisotopic (exact) mass is 504 g/mol. The van der Waals surface area contributed by atoms with Gasteiger partial charge in [0.25, 0.3) is 11.6 Å². The number of nitrogens with one attached hydrogen (secondary N) is 3. The molecule has 2 aromatic rings. The smallest absolute Gasteiger partial charge is 0.269 e. The number of nitro benzene ring substituents is 1. The summed E-state index contributed by atoms with van der Waals surface area (Å²) < 4.78 is 3.51. The predicted molar refractivity (Wildman–Crippen MR) is 126 cm³/mol. The molecule has 1 atom stereocenters. The molecule has 0 aromatic heterocycles. The van der Waals surface area contributed by atoms with Crippen molar-refractivity contribution in [3.8, 4) is 5.75 Å². The number of carbonyl (C=O) groups excluding carboxylic acids is 1. The number of hydrogen-bond acceptors (Lipinski definition) is 5. The van der Waals surface area contributed by atoms with Crippen molar-refractivity contribution in [3.63, 3.8) is 0 Å². The Labute approximate surface area is 199 Å². The molecule has 0 unspecified atom stereocenters. The van der Waals surface area contributed by atoms with E-state index in [2.05, 4.69) is 16.0 Å².